The monoisotopic (exact) mass is 470 g/mol. The van der Waals surface area contributed by atoms with E-state index in [-0.39, 0.29) is 5.91 Å². The Morgan fingerprint density at radius 2 is 1.69 bits per heavy atom. The zero-order chi connectivity index (χ0) is 24.2. The SMILES string of the molecule is COc1cccc(OC)c1C(=O)Nc1cccc(-c2nc3ccccn3c2NC2CCCCC2)c1. The van der Waals surface area contributed by atoms with Gasteiger partial charge < -0.3 is 20.1 Å². The zero-order valence-corrected chi connectivity index (χ0v) is 20.1. The second kappa shape index (κ2) is 10.1. The molecule has 2 aromatic carbocycles. The minimum Gasteiger partial charge on any atom is -0.496 e. The Kier molecular flexibility index (Phi) is 6.57. The third-order valence-electron chi connectivity index (χ3n) is 6.52. The molecule has 0 saturated heterocycles. The maximum absolute atomic E-state index is 13.2. The number of pyridine rings is 1. The molecular formula is C28H30N4O3. The van der Waals surface area contributed by atoms with E-state index in [9.17, 15) is 4.79 Å². The first-order valence-corrected chi connectivity index (χ1v) is 12.0. The Morgan fingerprint density at radius 1 is 0.943 bits per heavy atom. The molecule has 180 valence electrons. The molecule has 2 heterocycles. The number of carbonyl (C=O) groups excluding carboxylic acids is 1. The number of aromatic nitrogens is 2. The van der Waals surface area contributed by atoms with Crippen molar-refractivity contribution in [1.82, 2.24) is 9.38 Å². The largest absolute Gasteiger partial charge is 0.496 e. The molecule has 35 heavy (non-hydrogen) atoms. The molecule has 1 aliphatic carbocycles. The number of nitrogens with one attached hydrogen (secondary N) is 2. The Bertz CT molecular complexity index is 1320. The highest BCUT2D eigenvalue weighted by molar-refractivity contribution is 6.08. The van der Waals surface area contributed by atoms with Gasteiger partial charge in [0.05, 0.1) is 14.2 Å². The van der Waals surface area contributed by atoms with Crippen molar-refractivity contribution in [2.24, 2.45) is 0 Å². The number of nitrogens with zero attached hydrogens (tertiary/aromatic N) is 2. The van der Waals surface area contributed by atoms with E-state index in [1.54, 1.807) is 18.2 Å². The van der Waals surface area contributed by atoms with Crippen molar-refractivity contribution in [2.75, 3.05) is 24.9 Å². The fourth-order valence-corrected chi connectivity index (χ4v) is 4.79. The molecule has 0 unspecified atom stereocenters. The second-order valence-electron chi connectivity index (χ2n) is 8.79. The third-order valence-corrected chi connectivity index (χ3v) is 6.52. The summed E-state index contributed by atoms with van der Waals surface area (Å²) in [5.41, 5.74) is 3.70. The standard InChI is InChI=1S/C28H30N4O3/c1-34-22-14-9-15-23(35-2)25(22)28(33)30-21-13-8-10-19(18-21)26-27(29-20-11-4-3-5-12-20)32-17-7-6-16-24(32)31-26/h6-10,13-18,20,29H,3-5,11-12H2,1-2H3,(H,30,33). The van der Waals surface area contributed by atoms with Gasteiger partial charge in [-0.3, -0.25) is 9.20 Å². The fourth-order valence-electron chi connectivity index (χ4n) is 4.79. The molecule has 0 aliphatic heterocycles. The van der Waals surface area contributed by atoms with Crippen LogP contribution in [0.4, 0.5) is 11.5 Å². The molecule has 0 bridgehead atoms. The van der Waals surface area contributed by atoms with Crippen LogP contribution in [0.1, 0.15) is 42.5 Å². The van der Waals surface area contributed by atoms with Gasteiger partial charge in [-0.1, -0.05) is 43.5 Å². The lowest BCUT2D eigenvalue weighted by atomic mass is 9.95. The first-order chi connectivity index (χ1) is 17.2. The minimum absolute atomic E-state index is 0.299. The van der Waals surface area contributed by atoms with Gasteiger partial charge in [-0.2, -0.15) is 0 Å². The van der Waals surface area contributed by atoms with Gasteiger partial charge in [0.1, 0.15) is 34.2 Å². The molecule has 0 atom stereocenters. The van der Waals surface area contributed by atoms with Crippen LogP contribution in [0.25, 0.3) is 16.9 Å². The normalized spacial score (nSPS) is 14.0. The first kappa shape index (κ1) is 22.8. The van der Waals surface area contributed by atoms with Crippen LogP contribution in [-0.2, 0) is 0 Å². The number of hydrogen-bond donors (Lipinski definition) is 2. The molecule has 2 aromatic heterocycles. The molecule has 1 aliphatic rings. The average Bonchev–Trinajstić information content (AvgIpc) is 3.27. The van der Waals surface area contributed by atoms with Gasteiger partial charge in [-0.05, 0) is 49.2 Å². The van der Waals surface area contributed by atoms with Gasteiger partial charge in [0, 0.05) is 23.5 Å². The third kappa shape index (κ3) is 4.67. The number of ether oxygens (including phenoxy) is 2. The number of rotatable bonds is 7. The molecule has 0 spiro atoms. The van der Waals surface area contributed by atoms with Gasteiger partial charge in [0.25, 0.3) is 5.91 Å². The van der Waals surface area contributed by atoms with Gasteiger partial charge in [0.2, 0.25) is 0 Å². The van der Waals surface area contributed by atoms with E-state index >= 15 is 0 Å². The van der Waals surface area contributed by atoms with Gasteiger partial charge in [-0.25, -0.2) is 4.98 Å². The summed E-state index contributed by atoms with van der Waals surface area (Å²) in [4.78, 5) is 18.1. The first-order valence-electron chi connectivity index (χ1n) is 12.0. The summed E-state index contributed by atoms with van der Waals surface area (Å²) in [6, 6.07) is 19.5. The van der Waals surface area contributed by atoms with Crippen molar-refractivity contribution in [3.63, 3.8) is 0 Å². The van der Waals surface area contributed by atoms with Crippen molar-refractivity contribution in [3.05, 3.63) is 72.4 Å². The Morgan fingerprint density at radius 3 is 2.43 bits per heavy atom. The molecule has 1 saturated carbocycles. The summed E-state index contributed by atoms with van der Waals surface area (Å²) in [5.74, 6) is 1.60. The van der Waals surface area contributed by atoms with Crippen LogP contribution >= 0.6 is 0 Å². The lowest BCUT2D eigenvalue weighted by Crippen LogP contribution is -2.23. The van der Waals surface area contributed by atoms with Gasteiger partial charge in [0.15, 0.2) is 0 Å². The van der Waals surface area contributed by atoms with Crippen LogP contribution in [0.3, 0.4) is 0 Å². The smallest absolute Gasteiger partial charge is 0.263 e. The lowest BCUT2D eigenvalue weighted by Gasteiger charge is -2.24. The van der Waals surface area contributed by atoms with Crippen LogP contribution in [-0.4, -0.2) is 35.6 Å². The minimum atomic E-state index is -0.299. The van der Waals surface area contributed by atoms with Crippen molar-refractivity contribution >= 4 is 23.1 Å². The molecule has 7 heteroatoms. The topological polar surface area (TPSA) is 76.9 Å². The number of fused-ring (bicyclic) bond motifs is 1. The number of anilines is 2. The predicted molar refractivity (Wildman–Crippen MR) is 139 cm³/mol. The molecule has 0 radical (unpaired) electrons. The molecular weight excluding hydrogens is 440 g/mol. The van der Waals surface area contributed by atoms with Crippen LogP contribution in [0.2, 0.25) is 0 Å². The summed E-state index contributed by atoms with van der Waals surface area (Å²) >= 11 is 0. The summed E-state index contributed by atoms with van der Waals surface area (Å²) in [6.07, 6.45) is 8.16. The molecule has 4 aromatic rings. The number of amides is 1. The molecule has 7 nitrogen and oxygen atoms in total. The van der Waals surface area contributed by atoms with Crippen molar-refractivity contribution in [2.45, 2.75) is 38.1 Å². The Balaban J connectivity index is 1.48. The van der Waals surface area contributed by atoms with Crippen LogP contribution in [0.5, 0.6) is 11.5 Å². The molecule has 2 N–H and O–H groups in total. The average molecular weight is 471 g/mol. The van der Waals surface area contributed by atoms with Crippen molar-refractivity contribution in [3.8, 4) is 22.8 Å². The van der Waals surface area contributed by atoms with Gasteiger partial charge in [-0.15, -0.1) is 0 Å². The van der Waals surface area contributed by atoms with Crippen LogP contribution in [0, 0.1) is 0 Å². The molecule has 5 rings (SSSR count). The summed E-state index contributed by atoms with van der Waals surface area (Å²) in [7, 11) is 3.08. The van der Waals surface area contributed by atoms with E-state index in [1.807, 2.05) is 48.7 Å². The van der Waals surface area contributed by atoms with Crippen LogP contribution < -0.4 is 20.1 Å². The maximum atomic E-state index is 13.2. The second-order valence-corrected chi connectivity index (χ2v) is 8.79. The Labute approximate surface area is 205 Å². The summed E-state index contributed by atoms with van der Waals surface area (Å²) in [6.45, 7) is 0. The van der Waals surface area contributed by atoms with E-state index in [0.29, 0.717) is 28.8 Å². The highest BCUT2D eigenvalue weighted by Gasteiger charge is 2.21. The highest BCUT2D eigenvalue weighted by atomic mass is 16.5. The lowest BCUT2D eigenvalue weighted by molar-refractivity contribution is 0.102. The van der Waals surface area contributed by atoms with Crippen molar-refractivity contribution < 1.29 is 14.3 Å². The summed E-state index contributed by atoms with van der Waals surface area (Å²) < 4.78 is 12.9. The highest BCUT2D eigenvalue weighted by Crippen LogP contribution is 2.34. The number of benzene rings is 2. The molecule has 1 amide bonds. The Hall–Kier alpha value is -4.00. The van der Waals surface area contributed by atoms with E-state index in [4.69, 9.17) is 14.5 Å². The van der Waals surface area contributed by atoms with Gasteiger partial charge >= 0.3 is 0 Å². The number of hydrogen-bond acceptors (Lipinski definition) is 5. The fraction of sp³-hybridized carbons (Fsp3) is 0.286. The summed E-state index contributed by atoms with van der Waals surface area (Å²) in [5, 5.41) is 6.77. The van der Waals surface area contributed by atoms with Crippen LogP contribution in [0.15, 0.2) is 66.9 Å². The number of methoxy groups -OCH3 is 2. The van der Waals surface area contributed by atoms with E-state index in [2.05, 4.69) is 15.0 Å². The number of carbonyl (C=O) groups is 1. The van der Waals surface area contributed by atoms with Crippen molar-refractivity contribution in [1.29, 1.82) is 0 Å². The predicted octanol–water partition coefficient (Wildman–Crippen LogP) is 6.02. The molecule has 1 fully saturated rings. The number of imidazole rings is 1. The van der Waals surface area contributed by atoms with E-state index in [1.165, 1.54) is 33.5 Å². The van der Waals surface area contributed by atoms with E-state index in [0.717, 1.165) is 35.6 Å². The quantitative estimate of drug-likeness (QED) is 0.346. The zero-order valence-electron chi connectivity index (χ0n) is 20.1. The van der Waals surface area contributed by atoms with E-state index < -0.39 is 0 Å². The maximum Gasteiger partial charge on any atom is 0.263 e.